The molecule has 1 atom stereocenters. The minimum absolute atomic E-state index is 0.160. The number of benzene rings is 1. The number of nitriles is 1. The molecule has 0 aliphatic carbocycles. The van der Waals surface area contributed by atoms with E-state index in [9.17, 15) is 4.39 Å². The summed E-state index contributed by atoms with van der Waals surface area (Å²) < 4.78 is 13.2. The molecule has 0 bridgehead atoms. The summed E-state index contributed by atoms with van der Waals surface area (Å²) in [5.41, 5.74) is 0.275. The van der Waals surface area contributed by atoms with Gasteiger partial charge in [-0.05, 0) is 19.1 Å². The van der Waals surface area contributed by atoms with E-state index in [4.69, 9.17) is 28.5 Å². The lowest BCUT2D eigenvalue weighted by Crippen LogP contribution is -1.94. The molecule has 0 aliphatic heterocycles. The first kappa shape index (κ1) is 10.3. The molecule has 0 aromatic heterocycles. The van der Waals surface area contributed by atoms with Crippen molar-refractivity contribution in [1.82, 2.24) is 0 Å². The van der Waals surface area contributed by atoms with Crippen LogP contribution in [0.2, 0.25) is 10.0 Å². The van der Waals surface area contributed by atoms with Crippen molar-refractivity contribution in [1.29, 1.82) is 5.26 Å². The van der Waals surface area contributed by atoms with Gasteiger partial charge < -0.3 is 0 Å². The molecule has 0 fully saturated rings. The molecule has 0 amide bonds. The molecule has 1 aromatic rings. The maximum Gasteiger partial charge on any atom is 0.129 e. The lowest BCUT2D eigenvalue weighted by atomic mass is 10.0. The van der Waals surface area contributed by atoms with Crippen LogP contribution in [0.3, 0.4) is 0 Å². The summed E-state index contributed by atoms with van der Waals surface area (Å²) in [6.07, 6.45) is 0. The zero-order valence-corrected chi connectivity index (χ0v) is 8.33. The van der Waals surface area contributed by atoms with Crippen molar-refractivity contribution in [2.75, 3.05) is 0 Å². The molecule has 1 aromatic carbocycles. The van der Waals surface area contributed by atoms with E-state index in [2.05, 4.69) is 0 Å². The Balaban J connectivity index is 3.25. The van der Waals surface area contributed by atoms with Gasteiger partial charge in [0.25, 0.3) is 0 Å². The summed E-state index contributed by atoms with van der Waals surface area (Å²) in [5.74, 6) is -1.02. The van der Waals surface area contributed by atoms with Gasteiger partial charge in [-0.15, -0.1) is 0 Å². The summed E-state index contributed by atoms with van der Waals surface area (Å²) in [6, 6.07) is 4.43. The third kappa shape index (κ3) is 2.12. The largest absolute Gasteiger partial charge is 0.207 e. The Morgan fingerprint density at radius 3 is 2.46 bits per heavy atom. The van der Waals surface area contributed by atoms with Gasteiger partial charge in [0.1, 0.15) is 5.82 Å². The molecule has 13 heavy (non-hydrogen) atoms. The van der Waals surface area contributed by atoms with Gasteiger partial charge in [-0.25, -0.2) is 4.39 Å². The summed E-state index contributed by atoms with van der Waals surface area (Å²) in [6.45, 7) is 1.60. The van der Waals surface area contributed by atoms with Crippen molar-refractivity contribution in [2.45, 2.75) is 12.8 Å². The second-order valence-corrected chi connectivity index (χ2v) is 3.45. The second kappa shape index (κ2) is 3.95. The van der Waals surface area contributed by atoms with Crippen LogP contribution in [0.15, 0.2) is 12.1 Å². The Morgan fingerprint density at radius 1 is 1.38 bits per heavy atom. The van der Waals surface area contributed by atoms with Crippen LogP contribution < -0.4 is 0 Å². The Labute approximate surface area is 85.7 Å². The molecule has 0 heterocycles. The first-order valence-electron chi connectivity index (χ1n) is 3.60. The van der Waals surface area contributed by atoms with Crippen LogP contribution in [0.25, 0.3) is 0 Å². The quantitative estimate of drug-likeness (QED) is 0.658. The minimum atomic E-state index is -0.519. The van der Waals surface area contributed by atoms with Crippen LogP contribution in [-0.4, -0.2) is 0 Å². The van der Waals surface area contributed by atoms with Crippen LogP contribution in [0, 0.1) is 17.1 Å². The molecule has 4 heteroatoms. The van der Waals surface area contributed by atoms with Crippen LogP contribution in [0.5, 0.6) is 0 Å². The summed E-state index contributed by atoms with van der Waals surface area (Å²) in [7, 11) is 0. The van der Waals surface area contributed by atoms with Crippen molar-refractivity contribution in [3.8, 4) is 6.07 Å². The van der Waals surface area contributed by atoms with E-state index in [1.807, 2.05) is 6.07 Å². The molecular weight excluding hydrogens is 212 g/mol. The van der Waals surface area contributed by atoms with E-state index in [0.717, 1.165) is 6.07 Å². The van der Waals surface area contributed by atoms with E-state index in [-0.39, 0.29) is 15.6 Å². The maximum atomic E-state index is 13.2. The Hall–Kier alpha value is -0.780. The fourth-order valence-corrected chi connectivity index (χ4v) is 1.26. The van der Waals surface area contributed by atoms with Gasteiger partial charge in [0.2, 0.25) is 0 Å². The number of nitrogens with zero attached hydrogens (tertiary/aromatic N) is 1. The molecule has 0 aliphatic rings. The number of hydrogen-bond acceptors (Lipinski definition) is 1. The average molecular weight is 218 g/mol. The first-order chi connectivity index (χ1) is 6.06. The molecule has 0 saturated heterocycles. The normalized spacial score (nSPS) is 12.2. The fourth-order valence-electron chi connectivity index (χ4n) is 0.939. The van der Waals surface area contributed by atoms with Crippen LogP contribution in [0.1, 0.15) is 18.4 Å². The van der Waals surface area contributed by atoms with E-state index in [0.29, 0.717) is 0 Å². The van der Waals surface area contributed by atoms with Crippen LogP contribution in [-0.2, 0) is 0 Å². The summed E-state index contributed by atoms with van der Waals surface area (Å²) in [4.78, 5) is 0. The molecule has 0 saturated carbocycles. The zero-order chi connectivity index (χ0) is 10.0. The highest BCUT2D eigenvalue weighted by atomic mass is 35.5. The van der Waals surface area contributed by atoms with Crippen molar-refractivity contribution in [3.05, 3.63) is 33.6 Å². The molecule has 68 valence electrons. The van der Waals surface area contributed by atoms with Gasteiger partial charge in [0.05, 0.1) is 22.0 Å². The van der Waals surface area contributed by atoms with Gasteiger partial charge in [0.15, 0.2) is 0 Å². The third-order valence-corrected chi connectivity index (χ3v) is 2.42. The van der Waals surface area contributed by atoms with Crippen molar-refractivity contribution >= 4 is 23.2 Å². The smallest absolute Gasteiger partial charge is 0.129 e. The monoisotopic (exact) mass is 217 g/mol. The number of rotatable bonds is 1. The van der Waals surface area contributed by atoms with Gasteiger partial charge in [0, 0.05) is 5.56 Å². The van der Waals surface area contributed by atoms with E-state index in [1.54, 1.807) is 6.92 Å². The standard InChI is InChI=1S/C9H6Cl2FN/c1-5(4-13)6-2-7(10)8(11)3-9(6)12/h2-3,5H,1H3. The van der Waals surface area contributed by atoms with Crippen molar-refractivity contribution in [3.63, 3.8) is 0 Å². The van der Waals surface area contributed by atoms with Gasteiger partial charge in [-0.2, -0.15) is 5.26 Å². The highest BCUT2D eigenvalue weighted by molar-refractivity contribution is 6.42. The predicted octanol–water partition coefficient (Wildman–Crippen LogP) is 3.76. The Kier molecular flexibility index (Phi) is 3.13. The molecule has 1 rings (SSSR count). The second-order valence-electron chi connectivity index (χ2n) is 2.64. The molecule has 0 spiro atoms. The maximum absolute atomic E-state index is 13.2. The first-order valence-corrected chi connectivity index (χ1v) is 4.36. The third-order valence-electron chi connectivity index (χ3n) is 1.70. The van der Waals surface area contributed by atoms with Gasteiger partial charge >= 0.3 is 0 Å². The minimum Gasteiger partial charge on any atom is -0.207 e. The lowest BCUT2D eigenvalue weighted by molar-refractivity contribution is 0.606. The average Bonchev–Trinajstić information content (AvgIpc) is 2.10. The number of hydrogen-bond donors (Lipinski definition) is 0. The summed E-state index contributed by atoms with van der Waals surface area (Å²) in [5, 5.41) is 9.00. The van der Waals surface area contributed by atoms with E-state index in [1.165, 1.54) is 6.07 Å². The van der Waals surface area contributed by atoms with E-state index < -0.39 is 11.7 Å². The van der Waals surface area contributed by atoms with E-state index >= 15 is 0 Å². The molecule has 0 N–H and O–H groups in total. The van der Waals surface area contributed by atoms with Crippen molar-refractivity contribution in [2.24, 2.45) is 0 Å². The molecule has 1 nitrogen and oxygen atoms in total. The molecule has 0 radical (unpaired) electrons. The fraction of sp³-hybridized carbons (Fsp3) is 0.222. The highest BCUT2D eigenvalue weighted by Crippen LogP contribution is 2.28. The number of halogens is 3. The molecule has 1 unspecified atom stereocenters. The Bertz CT molecular complexity index is 371. The van der Waals surface area contributed by atoms with Gasteiger partial charge in [-0.1, -0.05) is 23.2 Å². The topological polar surface area (TPSA) is 23.8 Å². The molecular formula is C9H6Cl2FN. The Morgan fingerprint density at radius 2 is 1.92 bits per heavy atom. The summed E-state index contributed by atoms with van der Waals surface area (Å²) >= 11 is 11.3. The lowest BCUT2D eigenvalue weighted by Gasteiger charge is -2.05. The predicted molar refractivity (Wildman–Crippen MR) is 50.4 cm³/mol. The van der Waals surface area contributed by atoms with Crippen molar-refractivity contribution < 1.29 is 4.39 Å². The highest BCUT2D eigenvalue weighted by Gasteiger charge is 2.12. The SMILES string of the molecule is CC(C#N)c1cc(Cl)c(Cl)cc1F. The zero-order valence-electron chi connectivity index (χ0n) is 6.81. The van der Waals surface area contributed by atoms with Gasteiger partial charge in [-0.3, -0.25) is 0 Å². The van der Waals surface area contributed by atoms with Crippen LogP contribution in [0.4, 0.5) is 4.39 Å². The van der Waals surface area contributed by atoms with Crippen LogP contribution >= 0.6 is 23.2 Å².